The predicted octanol–water partition coefficient (Wildman–Crippen LogP) is 2.11. The van der Waals surface area contributed by atoms with E-state index in [0.29, 0.717) is 6.10 Å². The van der Waals surface area contributed by atoms with Crippen LogP contribution in [0.4, 0.5) is 0 Å². The van der Waals surface area contributed by atoms with Crippen LogP contribution in [0, 0.1) is 6.92 Å². The maximum Gasteiger partial charge on any atom is 0.0897 e. The highest BCUT2D eigenvalue weighted by atomic mass is 32.1. The van der Waals surface area contributed by atoms with E-state index < -0.39 is 0 Å². The van der Waals surface area contributed by atoms with Crippen LogP contribution in [0.3, 0.4) is 0 Å². The third-order valence-corrected chi connectivity index (χ3v) is 3.44. The van der Waals surface area contributed by atoms with Crippen molar-refractivity contribution >= 4 is 11.3 Å². The van der Waals surface area contributed by atoms with E-state index in [1.54, 1.807) is 11.3 Å². The molecule has 84 valence electrons. The first kappa shape index (κ1) is 11.0. The number of aryl methyl sites for hydroxylation is 1. The summed E-state index contributed by atoms with van der Waals surface area (Å²) in [6.45, 7) is 4.79. The van der Waals surface area contributed by atoms with E-state index in [1.807, 2.05) is 6.92 Å². The summed E-state index contributed by atoms with van der Waals surface area (Å²) in [5, 5.41) is 6.66. The summed E-state index contributed by atoms with van der Waals surface area (Å²) >= 11 is 1.71. The van der Waals surface area contributed by atoms with Crippen LogP contribution in [-0.4, -0.2) is 24.2 Å². The second kappa shape index (κ2) is 5.58. The number of aromatic nitrogens is 1. The average Bonchev–Trinajstić information content (AvgIpc) is 2.66. The highest BCUT2D eigenvalue weighted by molar-refractivity contribution is 7.09. The van der Waals surface area contributed by atoms with Crippen LogP contribution < -0.4 is 5.32 Å². The molecule has 15 heavy (non-hydrogen) atoms. The van der Waals surface area contributed by atoms with Crippen molar-refractivity contribution in [3.8, 4) is 0 Å². The van der Waals surface area contributed by atoms with Gasteiger partial charge in [0.1, 0.15) is 0 Å². The second-order valence-corrected chi connectivity index (χ2v) is 5.04. The van der Waals surface area contributed by atoms with E-state index in [4.69, 9.17) is 4.74 Å². The Morgan fingerprint density at radius 2 is 2.53 bits per heavy atom. The first-order valence-corrected chi connectivity index (χ1v) is 6.46. The Morgan fingerprint density at radius 1 is 1.60 bits per heavy atom. The van der Waals surface area contributed by atoms with Crippen molar-refractivity contribution in [2.75, 3.05) is 13.2 Å². The van der Waals surface area contributed by atoms with Gasteiger partial charge in [-0.1, -0.05) is 0 Å². The molecule has 1 unspecified atom stereocenters. The Bertz CT molecular complexity index is 295. The zero-order valence-electron chi connectivity index (χ0n) is 9.16. The van der Waals surface area contributed by atoms with Crippen molar-refractivity contribution < 1.29 is 4.74 Å². The van der Waals surface area contributed by atoms with Gasteiger partial charge < -0.3 is 10.1 Å². The van der Waals surface area contributed by atoms with Crippen molar-refractivity contribution in [3.63, 3.8) is 0 Å². The number of nitrogens with one attached hydrogen (secondary N) is 1. The van der Waals surface area contributed by atoms with Crippen LogP contribution in [0.2, 0.25) is 0 Å². The number of ether oxygens (including phenoxy) is 1. The molecule has 1 aromatic rings. The van der Waals surface area contributed by atoms with Gasteiger partial charge in [-0.3, -0.25) is 0 Å². The monoisotopic (exact) mass is 226 g/mol. The lowest BCUT2D eigenvalue weighted by atomic mass is 10.1. The minimum Gasteiger partial charge on any atom is -0.377 e. The Labute approximate surface area is 94.9 Å². The zero-order valence-corrected chi connectivity index (χ0v) is 9.98. The van der Waals surface area contributed by atoms with E-state index in [-0.39, 0.29) is 0 Å². The van der Waals surface area contributed by atoms with Gasteiger partial charge in [-0.25, -0.2) is 4.98 Å². The van der Waals surface area contributed by atoms with Crippen molar-refractivity contribution in [3.05, 3.63) is 16.1 Å². The van der Waals surface area contributed by atoms with Gasteiger partial charge >= 0.3 is 0 Å². The maximum absolute atomic E-state index is 5.64. The summed E-state index contributed by atoms with van der Waals surface area (Å²) < 4.78 is 5.64. The van der Waals surface area contributed by atoms with Crippen LogP contribution in [-0.2, 0) is 11.3 Å². The van der Waals surface area contributed by atoms with Crippen molar-refractivity contribution in [2.24, 2.45) is 0 Å². The molecule has 1 saturated heterocycles. The fourth-order valence-corrected chi connectivity index (χ4v) is 2.43. The number of nitrogens with zero attached hydrogens (tertiary/aromatic N) is 1. The summed E-state index contributed by atoms with van der Waals surface area (Å²) in [5.41, 5.74) is 1.15. The molecule has 3 nitrogen and oxygen atoms in total. The summed E-state index contributed by atoms with van der Waals surface area (Å²) in [5.74, 6) is 0. The van der Waals surface area contributed by atoms with Gasteiger partial charge in [0.05, 0.1) is 16.8 Å². The SMILES string of the molecule is Cc1nc(CNCC2CCCCO2)cs1. The highest BCUT2D eigenvalue weighted by Gasteiger charge is 2.12. The fourth-order valence-electron chi connectivity index (χ4n) is 1.82. The first-order valence-electron chi connectivity index (χ1n) is 5.58. The lowest BCUT2D eigenvalue weighted by Crippen LogP contribution is -2.31. The number of rotatable bonds is 4. The fraction of sp³-hybridized carbons (Fsp3) is 0.727. The molecule has 1 N–H and O–H groups in total. The third-order valence-electron chi connectivity index (χ3n) is 2.62. The molecular weight excluding hydrogens is 208 g/mol. The topological polar surface area (TPSA) is 34.2 Å². The minimum absolute atomic E-state index is 0.415. The predicted molar refractivity (Wildman–Crippen MR) is 62.1 cm³/mol. The highest BCUT2D eigenvalue weighted by Crippen LogP contribution is 2.12. The molecule has 0 aromatic carbocycles. The average molecular weight is 226 g/mol. The maximum atomic E-state index is 5.64. The van der Waals surface area contributed by atoms with Crippen LogP contribution in [0.1, 0.15) is 30.0 Å². The molecule has 0 amide bonds. The molecule has 1 atom stereocenters. The van der Waals surface area contributed by atoms with E-state index in [1.165, 1.54) is 19.3 Å². The van der Waals surface area contributed by atoms with Crippen LogP contribution in [0.5, 0.6) is 0 Å². The zero-order chi connectivity index (χ0) is 10.5. The standard InChI is InChI=1S/C11H18N2OS/c1-9-13-10(8-15-9)6-12-7-11-4-2-3-5-14-11/h8,11-12H,2-7H2,1H3. The molecule has 2 heterocycles. The largest absolute Gasteiger partial charge is 0.377 e. The van der Waals surface area contributed by atoms with E-state index >= 15 is 0 Å². The van der Waals surface area contributed by atoms with Crippen LogP contribution >= 0.6 is 11.3 Å². The number of thiazole rings is 1. The molecule has 1 aliphatic rings. The Morgan fingerprint density at radius 3 is 3.20 bits per heavy atom. The smallest absolute Gasteiger partial charge is 0.0897 e. The molecular formula is C11H18N2OS. The lowest BCUT2D eigenvalue weighted by Gasteiger charge is -2.22. The Hall–Kier alpha value is -0.450. The van der Waals surface area contributed by atoms with Gasteiger partial charge in [0.25, 0.3) is 0 Å². The first-order chi connectivity index (χ1) is 7.34. The summed E-state index contributed by atoms with van der Waals surface area (Å²) in [6, 6.07) is 0. The second-order valence-electron chi connectivity index (χ2n) is 3.98. The van der Waals surface area contributed by atoms with Gasteiger partial charge in [-0.2, -0.15) is 0 Å². The van der Waals surface area contributed by atoms with Crippen molar-refractivity contribution in [1.29, 1.82) is 0 Å². The van der Waals surface area contributed by atoms with E-state index in [2.05, 4.69) is 15.7 Å². The van der Waals surface area contributed by atoms with E-state index in [9.17, 15) is 0 Å². The van der Waals surface area contributed by atoms with Crippen molar-refractivity contribution in [2.45, 2.75) is 38.8 Å². The van der Waals surface area contributed by atoms with Crippen LogP contribution in [0.25, 0.3) is 0 Å². The van der Waals surface area contributed by atoms with Gasteiger partial charge in [-0.15, -0.1) is 11.3 Å². The normalized spacial score (nSPS) is 21.8. The Balaban J connectivity index is 1.65. The molecule has 1 aliphatic heterocycles. The lowest BCUT2D eigenvalue weighted by molar-refractivity contribution is 0.0167. The summed E-state index contributed by atoms with van der Waals surface area (Å²) in [7, 11) is 0. The van der Waals surface area contributed by atoms with Gasteiger partial charge in [-0.05, 0) is 26.2 Å². The van der Waals surface area contributed by atoms with Gasteiger partial charge in [0, 0.05) is 25.1 Å². The molecule has 0 saturated carbocycles. The van der Waals surface area contributed by atoms with Gasteiger partial charge in [0.15, 0.2) is 0 Å². The minimum atomic E-state index is 0.415. The molecule has 0 spiro atoms. The third kappa shape index (κ3) is 3.55. The summed E-state index contributed by atoms with van der Waals surface area (Å²) in [4.78, 5) is 4.41. The van der Waals surface area contributed by atoms with Gasteiger partial charge in [0.2, 0.25) is 0 Å². The molecule has 1 fully saturated rings. The molecule has 1 aromatic heterocycles. The molecule has 0 radical (unpaired) electrons. The van der Waals surface area contributed by atoms with Crippen molar-refractivity contribution in [1.82, 2.24) is 10.3 Å². The van der Waals surface area contributed by atoms with E-state index in [0.717, 1.165) is 30.4 Å². The molecule has 2 rings (SSSR count). The quantitative estimate of drug-likeness (QED) is 0.854. The molecule has 0 bridgehead atoms. The number of hydrogen-bond acceptors (Lipinski definition) is 4. The Kier molecular flexibility index (Phi) is 4.11. The molecule has 0 aliphatic carbocycles. The molecule has 4 heteroatoms. The number of hydrogen-bond donors (Lipinski definition) is 1. The summed E-state index contributed by atoms with van der Waals surface area (Å²) in [6.07, 6.45) is 4.14. The van der Waals surface area contributed by atoms with Crippen LogP contribution in [0.15, 0.2) is 5.38 Å².